The van der Waals surface area contributed by atoms with Crippen LogP contribution in [0.5, 0.6) is 0 Å². The standard InChI is InChI=1S/C18H36N3O8P/c1-13(21-27-7)8-10-19-14(22)9-11-20-16(24)15(23)18(5,6)12-28-30(25,26)29-17(2,3)4/h15,23H,8-12H2,1-7H3,(H,19,22)(H,20,24)(H,25,26)/p+1/b21-13+/t15-/m0/s1. The largest absolute Gasteiger partial charge is 0.472 e. The first-order valence-electron chi connectivity index (χ1n) is 9.61. The van der Waals surface area contributed by atoms with Crippen molar-refractivity contribution in [2.24, 2.45) is 5.41 Å². The van der Waals surface area contributed by atoms with Crippen molar-refractivity contribution in [1.82, 2.24) is 10.6 Å². The van der Waals surface area contributed by atoms with E-state index in [0.29, 0.717) is 13.0 Å². The molecule has 2 amide bonds. The number of carbonyl (C=O) groups is 2. The third-order valence-corrected chi connectivity index (χ3v) is 4.96. The van der Waals surface area contributed by atoms with Crippen molar-refractivity contribution < 1.29 is 43.2 Å². The molecule has 0 aliphatic heterocycles. The zero-order chi connectivity index (χ0) is 23.6. The number of hydrogen-bond acceptors (Lipinski definition) is 7. The van der Waals surface area contributed by atoms with Gasteiger partial charge in [0.15, 0.2) is 0 Å². The maximum Gasteiger partial charge on any atom is 0.472 e. The summed E-state index contributed by atoms with van der Waals surface area (Å²) in [6, 6.07) is 0. The average Bonchev–Trinajstić information content (AvgIpc) is 2.57. The van der Waals surface area contributed by atoms with Gasteiger partial charge < -0.3 is 20.6 Å². The van der Waals surface area contributed by atoms with Gasteiger partial charge in [0.1, 0.15) is 13.2 Å². The van der Waals surface area contributed by atoms with Gasteiger partial charge in [-0.05, 0) is 25.9 Å². The van der Waals surface area contributed by atoms with Gasteiger partial charge in [-0.2, -0.15) is 0 Å². The minimum absolute atomic E-state index is 0.0311. The molecule has 0 bridgehead atoms. The number of aliphatic hydroxyl groups excluding tert-OH is 1. The quantitative estimate of drug-likeness (QED) is 0.141. The third kappa shape index (κ3) is 12.9. The molecule has 30 heavy (non-hydrogen) atoms. The molecule has 0 saturated carbocycles. The molecule has 1 unspecified atom stereocenters. The Bertz CT molecular complexity index is 646. The Morgan fingerprint density at radius 1 is 1.10 bits per heavy atom. The van der Waals surface area contributed by atoms with Crippen LogP contribution in [-0.2, 0) is 28.0 Å². The van der Waals surface area contributed by atoms with Crippen molar-refractivity contribution in [3.05, 3.63) is 0 Å². The van der Waals surface area contributed by atoms with E-state index in [4.69, 9.17) is 13.9 Å². The fraction of sp³-hybridized carbons (Fsp3) is 0.833. The SMILES string of the molecule is CO/[NH+]=C(\C)CCNC(=O)CCNC(=O)[C@H](O)C(C)(C)COP(=O)(O)OC(C)(C)C. The van der Waals surface area contributed by atoms with Crippen molar-refractivity contribution >= 4 is 25.3 Å². The van der Waals surface area contributed by atoms with Gasteiger partial charge in [-0.3, -0.25) is 23.5 Å². The van der Waals surface area contributed by atoms with Crippen LogP contribution in [0.4, 0.5) is 0 Å². The minimum atomic E-state index is -4.35. The molecule has 12 heteroatoms. The number of phosphoric ester groups is 1. The van der Waals surface area contributed by atoms with E-state index < -0.39 is 37.5 Å². The monoisotopic (exact) mass is 454 g/mol. The fourth-order valence-corrected chi connectivity index (χ4v) is 3.39. The lowest BCUT2D eigenvalue weighted by atomic mass is 9.87. The predicted octanol–water partition coefficient (Wildman–Crippen LogP) is -0.579. The molecule has 0 saturated heterocycles. The number of carbonyl (C=O) groups excluding carboxylic acids is 2. The van der Waals surface area contributed by atoms with Gasteiger partial charge in [0, 0.05) is 38.3 Å². The number of hydrogen-bond donors (Lipinski definition) is 5. The number of amides is 2. The van der Waals surface area contributed by atoms with E-state index in [0.717, 1.165) is 5.71 Å². The second-order valence-corrected chi connectivity index (χ2v) is 9.94. The lowest BCUT2D eigenvalue weighted by molar-refractivity contribution is -0.745. The Kier molecular flexibility index (Phi) is 11.7. The van der Waals surface area contributed by atoms with E-state index in [1.165, 1.54) is 21.0 Å². The normalized spacial score (nSPS) is 15.8. The molecule has 0 rings (SSSR count). The summed E-state index contributed by atoms with van der Waals surface area (Å²) in [4.78, 5) is 38.4. The van der Waals surface area contributed by atoms with Crippen LogP contribution < -0.4 is 15.8 Å². The fourth-order valence-electron chi connectivity index (χ4n) is 2.15. The molecule has 5 N–H and O–H groups in total. The first-order chi connectivity index (χ1) is 13.6. The summed E-state index contributed by atoms with van der Waals surface area (Å²) in [6.07, 6.45) is -0.892. The summed E-state index contributed by atoms with van der Waals surface area (Å²) in [7, 11) is -2.85. The highest BCUT2D eigenvalue weighted by Crippen LogP contribution is 2.48. The molecule has 0 aromatic carbocycles. The number of rotatable bonds is 13. The number of aliphatic hydroxyl groups is 1. The van der Waals surface area contributed by atoms with Gasteiger partial charge in [-0.25, -0.2) is 4.57 Å². The van der Waals surface area contributed by atoms with Crippen LogP contribution in [0, 0.1) is 5.41 Å². The van der Waals surface area contributed by atoms with Gasteiger partial charge in [0.25, 0.3) is 0 Å². The summed E-state index contributed by atoms with van der Waals surface area (Å²) >= 11 is 0. The Hall–Kier alpha value is -1.52. The highest BCUT2D eigenvalue weighted by molar-refractivity contribution is 7.47. The molecule has 0 aromatic rings. The second kappa shape index (κ2) is 12.4. The van der Waals surface area contributed by atoms with Crippen molar-refractivity contribution in [2.75, 3.05) is 26.8 Å². The molecule has 0 aliphatic carbocycles. The molecule has 11 nitrogen and oxygen atoms in total. The Labute approximate surface area is 178 Å². The Morgan fingerprint density at radius 3 is 2.20 bits per heavy atom. The highest BCUT2D eigenvalue weighted by atomic mass is 31.2. The first kappa shape index (κ1) is 28.5. The molecule has 0 fully saturated rings. The van der Waals surface area contributed by atoms with E-state index >= 15 is 0 Å². The lowest BCUT2D eigenvalue weighted by Gasteiger charge is -2.31. The van der Waals surface area contributed by atoms with Gasteiger partial charge in [-0.1, -0.05) is 13.8 Å². The summed E-state index contributed by atoms with van der Waals surface area (Å²) < 4.78 is 21.8. The Morgan fingerprint density at radius 2 is 1.67 bits per heavy atom. The van der Waals surface area contributed by atoms with Crippen LogP contribution in [0.25, 0.3) is 0 Å². The molecule has 2 atom stereocenters. The molecular formula is C18H37N3O8P+. The summed E-state index contributed by atoms with van der Waals surface area (Å²) in [5, 5.41) is 18.1. The smallest absolute Gasteiger partial charge is 0.383 e. The van der Waals surface area contributed by atoms with E-state index in [1.807, 2.05) is 6.92 Å². The molecule has 0 radical (unpaired) electrons. The van der Waals surface area contributed by atoms with Crippen molar-refractivity contribution in [3.63, 3.8) is 0 Å². The molecule has 0 spiro atoms. The number of phosphoric acid groups is 1. The Balaban J connectivity index is 4.39. The van der Waals surface area contributed by atoms with Gasteiger partial charge in [-0.15, -0.1) is 0 Å². The number of nitrogens with one attached hydrogen (secondary N) is 3. The lowest BCUT2D eigenvalue weighted by Crippen LogP contribution is -2.70. The van der Waals surface area contributed by atoms with Gasteiger partial charge in [0.05, 0.1) is 12.2 Å². The van der Waals surface area contributed by atoms with Gasteiger partial charge in [0.2, 0.25) is 17.5 Å². The maximum atomic E-state index is 12.2. The molecule has 0 aromatic heterocycles. The zero-order valence-electron chi connectivity index (χ0n) is 18.9. The van der Waals surface area contributed by atoms with Gasteiger partial charge >= 0.3 is 7.82 Å². The van der Waals surface area contributed by atoms with Crippen LogP contribution in [0.2, 0.25) is 0 Å². The maximum absolute atomic E-state index is 12.2. The van der Waals surface area contributed by atoms with Crippen LogP contribution in [-0.4, -0.2) is 66.0 Å². The van der Waals surface area contributed by atoms with Crippen LogP contribution >= 0.6 is 7.82 Å². The summed E-state index contributed by atoms with van der Waals surface area (Å²) in [5.41, 5.74) is -1.21. The van der Waals surface area contributed by atoms with Crippen molar-refractivity contribution in [1.29, 1.82) is 0 Å². The highest BCUT2D eigenvalue weighted by Gasteiger charge is 2.38. The molecule has 0 aliphatic rings. The zero-order valence-corrected chi connectivity index (χ0v) is 19.8. The van der Waals surface area contributed by atoms with Crippen LogP contribution in [0.3, 0.4) is 0 Å². The summed E-state index contributed by atoms with van der Waals surface area (Å²) in [6.45, 7) is 9.69. The molecule has 176 valence electrons. The predicted molar refractivity (Wildman–Crippen MR) is 110 cm³/mol. The topological polar surface area (TPSA) is 157 Å². The summed E-state index contributed by atoms with van der Waals surface area (Å²) in [5.74, 6) is -0.965. The van der Waals surface area contributed by atoms with Crippen LogP contribution in [0.15, 0.2) is 0 Å². The van der Waals surface area contributed by atoms with Crippen LogP contribution in [0.1, 0.15) is 54.4 Å². The van der Waals surface area contributed by atoms with Crippen molar-refractivity contribution in [3.8, 4) is 0 Å². The first-order valence-corrected chi connectivity index (χ1v) is 11.1. The average molecular weight is 454 g/mol. The molecule has 0 heterocycles. The van der Waals surface area contributed by atoms with E-state index in [9.17, 15) is 24.2 Å². The minimum Gasteiger partial charge on any atom is -0.383 e. The second-order valence-electron chi connectivity index (χ2n) is 8.56. The van der Waals surface area contributed by atoms with Crippen molar-refractivity contribution in [2.45, 2.75) is 66.1 Å². The third-order valence-electron chi connectivity index (χ3n) is 3.73. The van der Waals surface area contributed by atoms with E-state index in [2.05, 4.69) is 15.8 Å². The molecular weight excluding hydrogens is 417 g/mol. The van der Waals surface area contributed by atoms with E-state index in [1.54, 1.807) is 20.8 Å². The van der Waals surface area contributed by atoms with E-state index in [-0.39, 0.29) is 18.9 Å².